The van der Waals surface area contributed by atoms with Crippen LogP contribution in [-0.2, 0) is 6.61 Å². The van der Waals surface area contributed by atoms with Crippen molar-refractivity contribution in [2.24, 2.45) is 0 Å². The van der Waals surface area contributed by atoms with Crippen molar-refractivity contribution in [1.29, 1.82) is 0 Å². The molecule has 7 nitrogen and oxygen atoms in total. The lowest BCUT2D eigenvalue weighted by molar-refractivity contribution is 0.0276. The molecule has 3 aromatic rings. The lowest BCUT2D eigenvalue weighted by Crippen LogP contribution is -2.28. The number of nitrogens with one attached hydrogen (secondary N) is 1. The van der Waals surface area contributed by atoms with Crippen molar-refractivity contribution in [2.75, 3.05) is 19.0 Å². The Hall–Kier alpha value is -2.65. The monoisotopic (exact) mass is 462 g/mol. The number of anilines is 1. The zero-order valence-electron chi connectivity index (χ0n) is 17.3. The van der Waals surface area contributed by atoms with E-state index in [2.05, 4.69) is 10.3 Å². The minimum Gasteiger partial charge on any atom is -0.493 e. The Bertz CT molecular complexity index is 1060. The molecule has 0 saturated carbocycles. The fraction of sp³-hybridized carbons (Fsp3) is 0.273. The van der Waals surface area contributed by atoms with E-state index in [1.807, 2.05) is 0 Å². The molecule has 0 fully saturated rings. The van der Waals surface area contributed by atoms with Crippen LogP contribution < -0.4 is 14.8 Å². The molecular formula is C22H23ClN2O5S. The van der Waals surface area contributed by atoms with E-state index in [1.54, 1.807) is 56.3 Å². The van der Waals surface area contributed by atoms with Gasteiger partial charge in [-0.2, -0.15) is 0 Å². The van der Waals surface area contributed by atoms with Gasteiger partial charge < -0.3 is 25.0 Å². The van der Waals surface area contributed by atoms with E-state index in [9.17, 15) is 15.0 Å². The normalized spacial score (nSPS) is 11.3. The first-order valence-corrected chi connectivity index (χ1v) is 10.6. The van der Waals surface area contributed by atoms with Gasteiger partial charge in [0.2, 0.25) is 0 Å². The third kappa shape index (κ3) is 5.95. The summed E-state index contributed by atoms with van der Waals surface area (Å²) in [5.41, 5.74) is 0.595. The van der Waals surface area contributed by atoms with Crippen molar-refractivity contribution in [1.82, 2.24) is 4.98 Å². The van der Waals surface area contributed by atoms with Gasteiger partial charge in [-0.3, -0.25) is 4.79 Å². The van der Waals surface area contributed by atoms with Crippen LogP contribution >= 0.6 is 22.9 Å². The Morgan fingerprint density at radius 3 is 2.52 bits per heavy atom. The Kier molecular flexibility index (Phi) is 7.17. The van der Waals surface area contributed by atoms with Crippen LogP contribution in [0.3, 0.4) is 0 Å². The van der Waals surface area contributed by atoms with Crippen LogP contribution in [0, 0.1) is 0 Å². The number of carbonyl (C=O) groups is 1. The van der Waals surface area contributed by atoms with Crippen LogP contribution in [0.15, 0.2) is 42.5 Å². The first kappa shape index (κ1) is 23.0. The predicted molar refractivity (Wildman–Crippen MR) is 121 cm³/mol. The lowest BCUT2D eigenvalue weighted by atomic mass is 10.2. The number of methoxy groups -OCH3 is 1. The largest absolute Gasteiger partial charge is 0.493 e. The Morgan fingerprint density at radius 2 is 1.90 bits per heavy atom. The van der Waals surface area contributed by atoms with Gasteiger partial charge in [0.15, 0.2) is 11.5 Å². The Balaban J connectivity index is 1.80. The van der Waals surface area contributed by atoms with Gasteiger partial charge in [0.1, 0.15) is 16.5 Å². The third-order valence-corrected chi connectivity index (χ3v) is 5.54. The fourth-order valence-electron chi connectivity index (χ4n) is 2.66. The summed E-state index contributed by atoms with van der Waals surface area (Å²) in [7, 11) is 1.49. The highest BCUT2D eigenvalue weighted by Gasteiger charge is 2.20. The molecule has 0 unspecified atom stereocenters. The molecule has 1 amide bonds. The molecule has 3 N–H and O–H groups in total. The van der Waals surface area contributed by atoms with E-state index < -0.39 is 11.5 Å². The van der Waals surface area contributed by atoms with Crippen LogP contribution in [0.4, 0.5) is 5.69 Å². The summed E-state index contributed by atoms with van der Waals surface area (Å²) < 4.78 is 10.9. The maximum Gasteiger partial charge on any atom is 0.267 e. The molecule has 9 heteroatoms. The summed E-state index contributed by atoms with van der Waals surface area (Å²) in [6, 6.07) is 12.0. The number of ether oxygens (including phenoxy) is 2. The molecule has 2 aromatic carbocycles. The summed E-state index contributed by atoms with van der Waals surface area (Å²) in [6.45, 7) is 3.00. The van der Waals surface area contributed by atoms with E-state index in [4.69, 9.17) is 21.1 Å². The molecule has 0 aliphatic rings. The summed E-state index contributed by atoms with van der Waals surface area (Å²) in [4.78, 5) is 17.6. The van der Waals surface area contributed by atoms with Crippen LogP contribution in [0.1, 0.15) is 29.2 Å². The second kappa shape index (κ2) is 9.65. The van der Waals surface area contributed by atoms with Crippen LogP contribution in [-0.4, -0.2) is 40.4 Å². The molecule has 1 aromatic heterocycles. The SMILES string of the molecule is COc1cc(NC(=O)c2sc(-c3ccc(Cl)cc3)nc2CO)ccc1OCC(C)(C)O. The van der Waals surface area contributed by atoms with Crippen LogP contribution in [0.2, 0.25) is 5.02 Å². The molecular weight excluding hydrogens is 440 g/mol. The summed E-state index contributed by atoms with van der Waals surface area (Å²) >= 11 is 7.11. The highest BCUT2D eigenvalue weighted by atomic mass is 35.5. The molecule has 0 aliphatic heterocycles. The van der Waals surface area contributed by atoms with Crippen LogP contribution in [0.25, 0.3) is 10.6 Å². The molecule has 1 heterocycles. The maximum atomic E-state index is 12.9. The third-order valence-electron chi connectivity index (χ3n) is 4.15. The minimum atomic E-state index is -0.993. The average molecular weight is 463 g/mol. The number of halogens is 1. The number of aromatic nitrogens is 1. The fourth-order valence-corrected chi connectivity index (χ4v) is 3.76. The highest BCUT2D eigenvalue weighted by molar-refractivity contribution is 7.17. The number of thiazole rings is 1. The number of carbonyl (C=O) groups excluding carboxylic acids is 1. The first-order chi connectivity index (χ1) is 14.7. The van der Waals surface area contributed by atoms with E-state index in [-0.39, 0.29) is 13.2 Å². The Labute approximate surface area is 189 Å². The zero-order valence-corrected chi connectivity index (χ0v) is 18.9. The molecule has 0 bridgehead atoms. The van der Waals surface area contributed by atoms with Gasteiger partial charge in [0, 0.05) is 22.3 Å². The number of nitrogens with zero attached hydrogens (tertiary/aromatic N) is 1. The average Bonchev–Trinajstić information content (AvgIpc) is 3.17. The van der Waals surface area contributed by atoms with Crippen molar-refractivity contribution >= 4 is 34.5 Å². The number of amides is 1. The second-order valence-corrected chi connectivity index (χ2v) is 8.82. The second-order valence-electron chi connectivity index (χ2n) is 7.38. The number of hydrogen-bond acceptors (Lipinski definition) is 7. The van der Waals surface area contributed by atoms with Gasteiger partial charge in [-0.05, 0) is 38.1 Å². The number of benzene rings is 2. The van der Waals surface area contributed by atoms with Crippen molar-refractivity contribution in [3.05, 3.63) is 58.1 Å². The maximum absolute atomic E-state index is 12.9. The van der Waals surface area contributed by atoms with E-state index in [1.165, 1.54) is 18.4 Å². The first-order valence-electron chi connectivity index (χ1n) is 9.41. The lowest BCUT2D eigenvalue weighted by Gasteiger charge is -2.19. The van der Waals surface area contributed by atoms with E-state index in [0.717, 1.165) is 5.56 Å². The molecule has 0 atom stereocenters. The van der Waals surface area contributed by atoms with Crippen molar-refractivity contribution in [2.45, 2.75) is 26.1 Å². The number of hydrogen-bond donors (Lipinski definition) is 3. The van der Waals surface area contributed by atoms with E-state index >= 15 is 0 Å². The van der Waals surface area contributed by atoms with E-state index in [0.29, 0.717) is 37.8 Å². The predicted octanol–water partition coefficient (Wildman–Crippen LogP) is 4.37. The standard InChI is InChI=1S/C22H23ClN2O5S/c1-22(2,28)12-30-17-9-8-15(10-18(17)29-3)24-20(27)19-16(11-26)25-21(31-19)13-4-6-14(23)7-5-13/h4-10,26,28H,11-12H2,1-3H3,(H,24,27). The topological polar surface area (TPSA) is 101 Å². The van der Waals surface area contributed by atoms with Gasteiger partial charge in [-0.1, -0.05) is 23.7 Å². The van der Waals surface area contributed by atoms with Crippen molar-refractivity contribution in [3.63, 3.8) is 0 Å². The summed E-state index contributed by atoms with van der Waals surface area (Å²) in [6.07, 6.45) is 0. The molecule has 0 aliphatic carbocycles. The molecule has 3 rings (SSSR count). The van der Waals surface area contributed by atoms with Gasteiger partial charge >= 0.3 is 0 Å². The summed E-state index contributed by atoms with van der Waals surface area (Å²) in [5, 5.41) is 23.5. The van der Waals surface area contributed by atoms with Gasteiger partial charge in [-0.15, -0.1) is 11.3 Å². The number of aliphatic hydroxyl groups is 2. The summed E-state index contributed by atoms with van der Waals surface area (Å²) in [5.74, 6) is 0.464. The van der Waals surface area contributed by atoms with Crippen molar-refractivity contribution < 1.29 is 24.5 Å². The molecule has 0 spiro atoms. The minimum absolute atomic E-state index is 0.0866. The van der Waals surface area contributed by atoms with Gasteiger partial charge in [0.05, 0.1) is 25.0 Å². The number of rotatable bonds is 8. The molecule has 0 saturated heterocycles. The van der Waals surface area contributed by atoms with Crippen LogP contribution in [0.5, 0.6) is 11.5 Å². The van der Waals surface area contributed by atoms with Gasteiger partial charge in [-0.25, -0.2) is 4.98 Å². The molecule has 164 valence electrons. The quantitative estimate of drug-likeness (QED) is 0.459. The number of aliphatic hydroxyl groups excluding tert-OH is 1. The molecule has 31 heavy (non-hydrogen) atoms. The molecule has 0 radical (unpaired) electrons. The van der Waals surface area contributed by atoms with Crippen molar-refractivity contribution in [3.8, 4) is 22.1 Å². The highest BCUT2D eigenvalue weighted by Crippen LogP contribution is 2.33. The Morgan fingerprint density at radius 1 is 1.19 bits per heavy atom. The zero-order chi connectivity index (χ0) is 22.6. The smallest absolute Gasteiger partial charge is 0.267 e. The van der Waals surface area contributed by atoms with Gasteiger partial charge in [0.25, 0.3) is 5.91 Å².